The van der Waals surface area contributed by atoms with Gasteiger partial charge in [-0.3, -0.25) is 4.98 Å². The predicted octanol–water partition coefficient (Wildman–Crippen LogP) is 3.33. The van der Waals surface area contributed by atoms with E-state index in [0.717, 1.165) is 12.5 Å². The number of aliphatic hydroxyl groups excluding tert-OH is 1. The molecule has 0 amide bonds. The van der Waals surface area contributed by atoms with E-state index in [0.29, 0.717) is 17.0 Å². The van der Waals surface area contributed by atoms with Crippen LogP contribution in [0.15, 0.2) is 24.4 Å². The molecule has 1 atom stereocenters. The molecule has 2 rings (SSSR count). The molecule has 0 spiro atoms. The van der Waals surface area contributed by atoms with Crippen LogP contribution in [0, 0.1) is 17.6 Å². The lowest BCUT2D eigenvalue weighted by atomic mass is 10.0. The van der Waals surface area contributed by atoms with E-state index in [9.17, 15) is 13.9 Å². The first-order valence-corrected chi connectivity index (χ1v) is 6.62. The Morgan fingerprint density at radius 1 is 1.30 bits per heavy atom. The Kier molecular flexibility index (Phi) is 4.49. The summed E-state index contributed by atoms with van der Waals surface area (Å²) in [5, 5.41) is 12.9. The molecule has 3 nitrogen and oxygen atoms in total. The number of fused-ring (bicyclic) bond motifs is 1. The maximum absolute atomic E-state index is 13.7. The van der Waals surface area contributed by atoms with Gasteiger partial charge in [0.1, 0.15) is 11.3 Å². The predicted molar refractivity (Wildman–Crippen MR) is 75.6 cm³/mol. The topological polar surface area (TPSA) is 45.1 Å². The van der Waals surface area contributed by atoms with E-state index < -0.39 is 11.6 Å². The highest BCUT2D eigenvalue weighted by atomic mass is 19.1. The molecule has 108 valence electrons. The molecule has 0 aliphatic heterocycles. The number of nitrogens with zero attached hydrogens (tertiary/aromatic N) is 1. The van der Waals surface area contributed by atoms with Crippen LogP contribution in [0.4, 0.5) is 14.5 Å². The third kappa shape index (κ3) is 3.22. The fraction of sp³-hybridized carbons (Fsp3) is 0.400. The molecule has 0 aliphatic rings. The van der Waals surface area contributed by atoms with Gasteiger partial charge in [-0.05, 0) is 24.5 Å². The summed E-state index contributed by atoms with van der Waals surface area (Å²) in [5.74, 6) is -0.926. The van der Waals surface area contributed by atoms with Crippen LogP contribution in [-0.4, -0.2) is 22.7 Å². The number of nitrogens with one attached hydrogen (secondary N) is 1. The first kappa shape index (κ1) is 14.7. The van der Waals surface area contributed by atoms with Crippen LogP contribution in [-0.2, 0) is 0 Å². The van der Waals surface area contributed by atoms with Crippen LogP contribution in [0.5, 0.6) is 0 Å². The highest BCUT2D eigenvalue weighted by molar-refractivity contribution is 5.91. The van der Waals surface area contributed by atoms with Crippen molar-refractivity contribution >= 4 is 16.6 Å². The molecular formula is C15H18F2N2O. The van der Waals surface area contributed by atoms with E-state index in [1.54, 1.807) is 6.07 Å². The Morgan fingerprint density at radius 3 is 2.70 bits per heavy atom. The molecule has 20 heavy (non-hydrogen) atoms. The minimum absolute atomic E-state index is 0.0419. The Hall–Kier alpha value is -1.75. The van der Waals surface area contributed by atoms with Gasteiger partial charge in [0, 0.05) is 29.4 Å². The summed E-state index contributed by atoms with van der Waals surface area (Å²) in [5.41, 5.74) is 0.700. The maximum atomic E-state index is 13.7. The second-order valence-corrected chi connectivity index (χ2v) is 5.30. The number of aliphatic hydroxyl groups is 1. The Morgan fingerprint density at radius 2 is 2.05 bits per heavy atom. The molecule has 1 aromatic carbocycles. The summed E-state index contributed by atoms with van der Waals surface area (Å²) in [6.45, 7) is 4.06. The lowest BCUT2D eigenvalue weighted by Crippen LogP contribution is -2.25. The molecule has 2 N–H and O–H groups in total. The smallest absolute Gasteiger partial charge is 0.152 e. The molecule has 5 heteroatoms. The normalized spacial score (nSPS) is 12.9. The molecular weight excluding hydrogens is 262 g/mol. The summed E-state index contributed by atoms with van der Waals surface area (Å²) < 4.78 is 27.0. The van der Waals surface area contributed by atoms with Gasteiger partial charge in [0.2, 0.25) is 0 Å². The molecule has 0 radical (unpaired) electrons. The average molecular weight is 280 g/mol. The van der Waals surface area contributed by atoms with Crippen molar-refractivity contribution in [1.82, 2.24) is 4.98 Å². The van der Waals surface area contributed by atoms with E-state index in [4.69, 9.17) is 0 Å². The first-order valence-electron chi connectivity index (χ1n) is 6.62. The van der Waals surface area contributed by atoms with Gasteiger partial charge in [-0.2, -0.15) is 0 Å². The van der Waals surface area contributed by atoms with Crippen LogP contribution >= 0.6 is 0 Å². The standard InChI is InChI=1S/C15H18F2N2O/c1-9(2)5-11(8-20)19-14-3-4-18-15-12(14)6-10(16)7-13(15)17/h3-4,6-7,9,11,20H,5,8H2,1-2H3,(H,18,19). The number of hydrogen-bond acceptors (Lipinski definition) is 3. The van der Waals surface area contributed by atoms with Crippen molar-refractivity contribution in [3.63, 3.8) is 0 Å². The average Bonchev–Trinajstić information content (AvgIpc) is 2.38. The molecule has 0 fully saturated rings. The Bertz CT molecular complexity index is 602. The van der Waals surface area contributed by atoms with Gasteiger partial charge in [0.25, 0.3) is 0 Å². The van der Waals surface area contributed by atoms with Gasteiger partial charge in [0.15, 0.2) is 5.82 Å². The van der Waals surface area contributed by atoms with Crippen molar-refractivity contribution in [2.45, 2.75) is 26.3 Å². The van der Waals surface area contributed by atoms with E-state index in [-0.39, 0.29) is 18.2 Å². The number of aromatic nitrogens is 1. The van der Waals surface area contributed by atoms with E-state index >= 15 is 0 Å². The SMILES string of the molecule is CC(C)CC(CO)Nc1ccnc2c(F)cc(F)cc12. The van der Waals surface area contributed by atoms with Crippen LogP contribution in [0.1, 0.15) is 20.3 Å². The first-order chi connectivity index (χ1) is 9.51. The van der Waals surface area contributed by atoms with Gasteiger partial charge in [0.05, 0.1) is 6.61 Å². The van der Waals surface area contributed by atoms with Crippen LogP contribution in [0.2, 0.25) is 0 Å². The molecule has 1 heterocycles. The number of rotatable bonds is 5. The third-order valence-electron chi connectivity index (χ3n) is 3.10. The minimum atomic E-state index is -0.687. The maximum Gasteiger partial charge on any atom is 0.152 e. The number of pyridine rings is 1. The highest BCUT2D eigenvalue weighted by Gasteiger charge is 2.13. The Labute approximate surface area is 116 Å². The van der Waals surface area contributed by atoms with Crippen molar-refractivity contribution in [2.24, 2.45) is 5.92 Å². The molecule has 2 aromatic rings. The zero-order valence-corrected chi connectivity index (χ0v) is 11.5. The quantitative estimate of drug-likeness (QED) is 0.883. The molecule has 1 aromatic heterocycles. The highest BCUT2D eigenvalue weighted by Crippen LogP contribution is 2.26. The second kappa shape index (κ2) is 6.13. The Balaban J connectivity index is 2.39. The zero-order chi connectivity index (χ0) is 14.7. The summed E-state index contributed by atoms with van der Waals surface area (Å²) >= 11 is 0. The number of benzene rings is 1. The lowest BCUT2D eigenvalue weighted by Gasteiger charge is -2.20. The van der Waals surface area contributed by atoms with E-state index in [1.807, 2.05) is 13.8 Å². The van der Waals surface area contributed by atoms with Crippen LogP contribution in [0.3, 0.4) is 0 Å². The monoisotopic (exact) mass is 280 g/mol. The van der Waals surface area contributed by atoms with Crippen molar-refractivity contribution in [2.75, 3.05) is 11.9 Å². The number of anilines is 1. The number of halogens is 2. The van der Waals surface area contributed by atoms with Crippen LogP contribution < -0.4 is 5.32 Å². The molecule has 0 bridgehead atoms. The summed E-state index contributed by atoms with van der Waals surface area (Å²) in [7, 11) is 0. The van der Waals surface area contributed by atoms with Gasteiger partial charge in [-0.25, -0.2) is 8.78 Å². The van der Waals surface area contributed by atoms with E-state index in [1.165, 1.54) is 12.3 Å². The molecule has 1 unspecified atom stereocenters. The van der Waals surface area contributed by atoms with Crippen molar-refractivity contribution < 1.29 is 13.9 Å². The number of hydrogen-bond donors (Lipinski definition) is 2. The molecule has 0 saturated carbocycles. The fourth-order valence-electron chi connectivity index (χ4n) is 2.27. The minimum Gasteiger partial charge on any atom is -0.394 e. The van der Waals surface area contributed by atoms with Gasteiger partial charge in [-0.15, -0.1) is 0 Å². The summed E-state index contributed by atoms with van der Waals surface area (Å²) in [4.78, 5) is 3.93. The second-order valence-electron chi connectivity index (χ2n) is 5.30. The lowest BCUT2D eigenvalue weighted by molar-refractivity contribution is 0.259. The van der Waals surface area contributed by atoms with Crippen molar-refractivity contribution in [1.29, 1.82) is 0 Å². The van der Waals surface area contributed by atoms with Gasteiger partial charge >= 0.3 is 0 Å². The third-order valence-corrected chi connectivity index (χ3v) is 3.10. The fourth-order valence-corrected chi connectivity index (χ4v) is 2.27. The molecule has 0 saturated heterocycles. The zero-order valence-electron chi connectivity index (χ0n) is 11.5. The van der Waals surface area contributed by atoms with E-state index in [2.05, 4.69) is 10.3 Å². The van der Waals surface area contributed by atoms with Gasteiger partial charge in [-0.1, -0.05) is 13.8 Å². The van der Waals surface area contributed by atoms with Gasteiger partial charge < -0.3 is 10.4 Å². The molecule has 0 aliphatic carbocycles. The summed E-state index contributed by atoms with van der Waals surface area (Å²) in [6, 6.07) is 3.56. The van der Waals surface area contributed by atoms with Crippen molar-refractivity contribution in [3.05, 3.63) is 36.0 Å². The van der Waals surface area contributed by atoms with Crippen LogP contribution in [0.25, 0.3) is 10.9 Å². The largest absolute Gasteiger partial charge is 0.394 e. The summed E-state index contributed by atoms with van der Waals surface area (Å²) in [6.07, 6.45) is 2.23. The van der Waals surface area contributed by atoms with Crippen molar-refractivity contribution in [3.8, 4) is 0 Å².